The van der Waals surface area contributed by atoms with Crippen LogP contribution in [0, 0.1) is 0 Å². The van der Waals surface area contributed by atoms with E-state index < -0.39 is 138 Å². The second-order valence-corrected chi connectivity index (χ2v) is 36.4. The summed E-state index contributed by atoms with van der Waals surface area (Å²) in [4.78, 5) is 51.9. The maximum Gasteiger partial charge on any atom is 0.303 e. The fourth-order valence-electron chi connectivity index (χ4n) is 13.3. The molecule has 0 spiro atoms. The van der Waals surface area contributed by atoms with Crippen molar-refractivity contribution in [3.63, 3.8) is 0 Å². The molecule has 0 aliphatic carbocycles. The van der Waals surface area contributed by atoms with Crippen LogP contribution in [0.2, 0.25) is 23.2 Å². The summed E-state index contributed by atoms with van der Waals surface area (Å²) in [5.74, 6) is -2.00. The number of fused-ring (bicyclic) bond motifs is 2. The van der Waals surface area contributed by atoms with E-state index in [2.05, 4.69) is 74.7 Å². The number of imide groups is 1. The molecule has 0 N–H and O–H groups in total. The Labute approximate surface area is 567 Å². The molecule has 6 aromatic carbocycles. The highest BCUT2D eigenvalue weighted by Gasteiger charge is 2.61. The van der Waals surface area contributed by atoms with E-state index in [9.17, 15) is 15.9 Å². The zero-order valence-electron chi connectivity index (χ0n) is 56.2. The monoisotopic (exact) mass is 1360 g/mol. The zero-order chi connectivity index (χ0) is 68.7. The van der Waals surface area contributed by atoms with E-state index in [1.54, 1.807) is 24.3 Å². The lowest BCUT2D eigenvalue weighted by Gasteiger charge is -2.53. The highest BCUT2D eigenvalue weighted by atomic mass is 28.4. The van der Waals surface area contributed by atoms with Gasteiger partial charge in [0.05, 0.1) is 44.2 Å². The maximum atomic E-state index is 15.2. The van der Waals surface area contributed by atoms with Gasteiger partial charge in [-0.05, 0) is 67.9 Å². The van der Waals surface area contributed by atoms with Crippen LogP contribution in [-0.4, -0.2) is 158 Å². The third-order valence-corrected chi connectivity index (χ3v) is 28.6. The van der Waals surface area contributed by atoms with Gasteiger partial charge in [-0.25, -0.2) is 0 Å². The molecule has 2 amide bonds. The summed E-state index contributed by atoms with van der Waals surface area (Å²) in [6.07, 6.45) is -16.8. The Morgan fingerprint density at radius 2 is 1.04 bits per heavy atom. The zero-order valence-corrected chi connectivity index (χ0v) is 58.2. The summed E-state index contributed by atoms with van der Waals surface area (Å²) in [6, 6.07) is 50.3. The van der Waals surface area contributed by atoms with Crippen LogP contribution < -0.4 is 10.4 Å². The van der Waals surface area contributed by atoms with Gasteiger partial charge in [0.15, 0.2) is 39.6 Å². The first-order chi connectivity index (χ1) is 46.7. The van der Waals surface area contributed by atoms with Gasteiger partial charge in [0.2, 0.25) is 0 Å². The fraction of sp³-hybridized carbons (Fsp3) is 0.458. The summed E-state index contributed by atoms with van der Waals surface area (Å²) in [6.45, 7) is 17.5. The molecular weight excluding hydrogens is 1270 g/mol. The second kappa shape index (κ2) is 30.7. The van der Waals surface area contributed by atoms with Crippen molar-refractivity contribution in [3.05, 3.63) is 225 Å². The Hall–Kier alpha value is -7.50. The minimum absolute atomic E-state index is 0.00535. The lowest BCUT2D eigenvalue weighted by Crippen LogP contribution is -2.70. The lowest BCUT2D eigenvalue weighted by molar-refractivity contribution is -0.378. The number of amides is 2. The van der Waals surface area contributed by atoms with Crippen LogP contribution in [0.15, 0.2) is 186 Å². The molecule has 11 rings (SSSR count). The molecule has 0 saturated carbocycles. The molecule has 25 heteroatoms. The molecule has 16 atom stereocenters. The highest BCUT2D eigenvalue weighted by molar-refractivity contribution is 6.99. The van der Waals surface area contributed by atoms with Crippen molar-refractivity contribution in [2.45, 2.75) is 183 Å². The summed E-state index contributed by atoms with van der Waals surface area (Å²) < 4.78 is 90.2. The molecule has 5 aliphatic rings. The van der Waals surface area contributed by atoms with Crippen LogP contribution in [0.25, 0.3) is 20.9 Å². The smallest absolute Gasteiger partial charge is 0.303 e. The number of methoxy groups -OCH3 is 1. The molecule has 4 saturated heterocycles. The third kappa shape index (κ3) is 15.2. The summed E-state index contributed by atoms with van der Waals surface area (Å²) in [7, 11) is -4.72. The average Bonchev–Trinajstić information content (AvgIpc) is 1.73. The SMILES string of the molecule is CO[C@H]1O[C@@H](CO[Si](c2ccccc2)(c2ccccc2)C(C)(C)C)[C@@H](OC(C)=O)[C@@H](O[C@@H]2O[C@H](CO[Si](C)(C)C(C)(C)C)[C@@H](O[C@@H]3O[C@@H]4CO[C@@H](c5ccccc5)O[C@H]4[C@H](OCc4ccccc4)[C@H]3N3C(=O)c4ccccc4C3=O)[C@H](OCc3ccccc3)[C@@H]2N=[N+]=[N-])[C@@H]1N=[N+]=[N-]. The van der Waals surface area contributed by atoms with E-state index in [-0.39, 0.29) is 49.2 Å². The van der Waals surface area contributed by atoms with Gasteiger partial charge in [0.1, 0.15) is 67.0 Å². The number of hydrogen-bond donors (Lipinski definition) is 0. The number of hydrogen-bond acceptors (Lipinski definition) is 18. The Bertz CT molecular complexity index is 3660. The lowest BCUT2D eigenvalue weighted by atomic mass is 9.92. The fourth-order valence-corrected chi connectivity index (χ4v) is 18.9. The van der Waals surface area contributed by atoms with Crippen molar-refractivity contribution in [1.82, 2.24) is 4.90 Å². The van der Waals surface area contributed by atoms with E-state index in [0.717, 1.165) is 20.8 Å². The number of esters is 1. The predicted molar refractivity (Wildman–Crippen MR) is 362 cm³/mol. The average molecular weight is 1360 g/mol. The number of nitrogens with zero attached hydrogens (tertiary/aromatic N) is 7. The van der Waals surface area contributed by atoms with Gasteiger partial charge in [-0.3, -0.25) is 19.3 Å². The Balaban J connectivity index is 1.03. The topological polar surface area (TPSA) is 272 Å². The van der Waals surface area contributed by atoms with Crippen molar-refractivity contribution in [1.29, 1.82) is 0 Å². The molecule has 6 aromatic rings. The van der Waals surface area contributed by atoms with Crippen LogP contribution in [-0.2, 0) is 79.0 Å². The van der Waals surface area contributed by atoms with E-state index in [4.69, 9.17) is 61.0 Å². The van der Waals surface area contributed by atoms with E-state index >= 15 is 9.59 Å². The van der Waals surface area contributed by atoms with Crippen molar-refractivity contribution >= 4 is 44.8 Å². The Kier molecular flexibility index (Phi) is 22.4. The molecule has 23 nitrogen and oxygen atoms in total. The third-order valence-electron chi connectivity index (χ3n) is 19.1. The van der Waals surface area contributed by atoms with Gasteiger partial charge < -0.3 is 61.0 Å². The maximum absolute atomic E-state index is 15.2. The molecule has 4 fully saturated rings. The van der Waals surface area contributed by atoms with Crippen LogP contribution in [0.3, 0.4) is 0 Å². The second-order valence-electron chi connectivity index (χ2n) is 27.3. The largest absolute Gasteiger partial charge is 0.457 e. The van der Waals surface area contributed by atoms with Gasteiger partial charge >= 0.3 is 5.97 Å². The predicted octanol–water partition coefficient (Wildman–Crippen LogP) is 11.4. The normalized spacial score (nSPS) is 28.4. The van der Waals surface area contributed by atoms with Gasteiger partial charge in [0, 0.05) is 29.4 Å². The van der Waals surface area contributed by atoms with Gasteiger partial charge in [-0.2, -0.15) is 0 Å². The summed E-state index contributed by atoms with van der Waals surface area (Å²) in [5.41, 5.74) is 23.8. The van der Waals surface area contributed by atoms with Crippen LogP contribution in [0.1, 0.15) is 92.2 Å². The van der Waals surface area contributed by atoms with E-state index in [0.29, 0.717) is 11.1 Å². The van der Waals surface area contributed by atoms with Gasteiger partial charge in [0.25, 0.3) is 20.1 Å². The Morgan fingerprint density at radius 3 is 1.56 bits per heavy atom. The van der Waals surface area contributed by atoms with E-state index in [1.165, 1.54) is 14.0 Å². The van der Waals surface area contributed by atoms with Crippen LogP contribution >= 0.6 is 0 Å². The van der Waals surface area contributed by atoms with Crippen molar-refractivity contribution in [2.75, 3.05) is 26.9 Å². The molecule has 0 bridgehead atoms. The number of carbonyl (C=O) groups is 3. The number of rotatable bonds is 24. The van der Waals surface area contributed by atoms with E-state index in [1.807, 2.05) is 152 Å². The van der Waals surface area contributed by atoms with Gasteiger partial charge in [-0.1, -0.05) is 216 Å². The minimum Gasteiger partial charge on any atom is -0.457 e. The molecule has 5 heterocycles. The molecule has 0 aromatic heterocycles. The summed E-state index contributed by atoms with van der Waals surface area (Å²) in [5, 5.41) is 9.71. The quantitative estimate of drug-likeness (QED) is 0.0136. The minimum atomic E-state index is -3.34. The van der Waals surface area contributed by atoms with Crippen LogP contribution in [0.5, 0.6) is 0 Å². The Morgan fingerprint density at radius 1 is 0.567 bits per heavy atom. The van der Waals surface area contributed by atoms with Crippen LogP contribution in [0.4, 0.5) is 0 Å². The summed E-state index contributed by atoms with van der Waals surface area (Å²) >= 11 is 0. The number of benzene rings is 6. The number of azide groups is 2. The van der Waals surface area contributed by atoms with Gasteiger partial charge in [-0.15, -0.1) is 0 Å². The molecule has 5 aliphatic heterocycles. The standard InChI is InChI=1S/C72H85N7O16Si2/c1-45(80)89-60-55(44-88-97(72(5,6)7,49-34-22-14-23-35-49)50-36-24-15-25-37-50)90-68(83-8)57(76-78-74)63(60)95-69-56(75-77-73)62(84-40-46-28-16-11-17-29-46)59(54(91-69)43-87-96(9,10)71(2,3)4)94-70-58(79-65(81)51-38-26-27-39-52(51)66(79)82)64(85-41-47-30-18-12-19-31-47)61-53(92-70)42-86-67(93-61)48-32-20-13-21-33-48/h11-39,53-64,67-70H,40-44H2,1-10H3/t53-,54-,55+,56+,57+,58-,59-,60-,61-,62-,63+,64-,67-,68+,69+,70+/m1/s1. The molecule has 0 unspecified atom stereocenters. The van der Waals surface area contributed by atoms with Crippen molar-refractivity contribution in [2.24, 2.45) is 10.2 Å². The first-order valence-electron chi connectivity index (χ1n) is 32.7. The first-order valence-corrected chi connectivity index (χ1v) is 37.5. The van der Waals surface area contributed by atoms with Crippen molar-refractivity contribution in [3.8, 4) is 0 Å². The molecule has 512 valence electrons. The number of ether oxygens (including phenoxy) is 11. The van der Waals surface area contributed by atoms with Crippen molar-refractivity contribution < 1.29 is 75.3 Å². The first kappa shape index (κ1) is 70.8. The number of carbonyl (C=O) groups excluding carboxylic acids is 3. The highest BCUT2D eigenvalue weighted by Crippen LogP contribution is 2.45. The molecule has 0 radical (unpaired) electrons. The molecular formula is C72H85N7O16Si2. The molecule has 97 heavy (non-hydrogen) atoms.